The molecule has 2 aromatic carbocycles. The van der Waals surface area contributed by atoms with E-state index in [0.29, 0.717) is 12.0 Å². The van der Waals surface area contributed by atoms with Crippen molar-refractivity contribution in [3.8, 4) is 5.75 Å². The lowest BCUT2D eigenvalue weighted by atomic mass is 9.89. The summed E-state index contributed by atoms with van der Waals surface area (Å²) in [6.07, 6.45) is -0.488. The fourth-order valence-corrected chi connectivity index (χ4v) is 4.96. The Kier molecular flexibility index (Phi) is 8.24. The number of ether oxygens (including phenoxy) is 3. The molecule has 1 heterocycles. The topological polar surface area (TPSA) is 109 Å². The molecule has 2 fully saturated rings. The highest BCUT2D eigenvalue weighted by Gasteiger charge is 2.44. The fourth-order valence-electron chi connectivity index (χ4n) is 4.96. The van der Waals surface area contributed by atoms with E-state index < -0.39 is 37.1 Å². The number of rotatable bonds is 7. The number of aliphatic hydroxyl groups excluding tert-OH is 4. The molecule has 4 N–H and O–H groups in total. The van der Waals surface area contributed by atoms with Gasteiger partial charge in [0.2, 0.25) is 0 Å². The third-order valence-corrected chi connectivity index (χ3v) is 7.13. The Morgan fingerprint density at radius 2 is 1.68 bits per heavy atom. The predicted octanol–water partition coefficient (Wildman–Crippen LogP) is 2.44. The molecule has 0 radical (unpaired) electrons. The highest BCUT2D eigenvalue weighted by Crippen LogP contribution is 2.34. The lowest BCUT2D eigenvalue weighted by Gasteiger charge is -2.40. The molecular formula is C27H36O7. The Hall–Kier alpha value is -2.00. The van der Waals surface area contributed by atoms with Crippen molar-refractivity contribution in [2.45, 2.75) is 81.8 Å². The highest BCUT2D eigenvalue weighted by molar-refractivity contribution is 5.38. The zero-order valence-electron chi connectivity index (χ0n) is 19.8. The van der Waals surface area contributed by atoms with Gasteiger partial charge in [-0.2, -0.15) is 0 Å². The molecule has 7 atom stereocenters. The molecule has 1 saturated heterocycles. The van der Waals surface area contributed by atoms with Gasteiger partial charge < -0.3 is 34.6 Å². The normalized spacial score (nSPS) is 31.9. The van der Waals surface area contributed by atoms with Crippen LogP contribution in [-0.2, 0) is 15.9 Å². The number of hydrogen-bond acceptors (Lipinski definition) is 7. The van der Waals surface area contributed by atoms with Crippen molar-refractivity contribution in [3.05, 3.63) is 64.7 Å². The maximum Gasteiger partial charge on any atom is 0.119 e. The van der Waals surface area contributed by atoms with E-state index in [0.717, 1.165) is 48.1 Å². The van der Waals surface area contributed by atoms with E-state index in [1.807, 2.05) is 37.3 Å². The number of aryl methyl sites for hydroxylation is 1. The molecule has 4 rings (SSSR count). The Bertz CT molecular complexity index is 929. The minimum absolute atomic E-state index is 0.182. The molecule has 186 valence electrons. The van der Waals surface area contributed by atoms with Crippen molar-refractivity contribution in [2.75, 3.05) is 13.7 Å². The van der Waals surface area contributed by atoms with Crippen molar-refractivity contribution in [2.24, 2.45) is 0 Å². The summed E-state index contributed by atoms with van der Waals surface area (Å²) in [4.78, 5) is 0. The van der Waals surface area contributed by atoms with Gasteiger partial charge in [0.1, 0.15) is 42.4 Å². The number of aliphatic hydroxyl groups is 4. The first-order chi connectivity index (χ1) is 16.4. The first-order valence-electron chi connectivity index (χ1n) is 12.1. The van der Waals surface area contributed by atoms with Gasteiger partial charge in [-0.3, -0.25) is 0 Å². The second-order valence-corrected chi connectivity index (χ2v) is 9.52. The van der Waals surface area contributed by atoms with E-state index in [4.69, 9.17) is 14.2 Å². The first-order valence-corrected chi connectivity index (χ1v) is 12.1. The SMILES string of the molecule is CO[C@H]1CCCC(Oc2ccc(Cc3cc([C@@H]4O[C@H](CO)[C@@H](O)[C@H](O)[C@H]4O)ccc3C)cc2)C1. The Labute approximate surface area is 200 Å². The quantitative estimate of drug-likeness (QED) is 0.490. The summed E-state index contributed by atoms with van der Waals surface area (Å²) in [5, 5.41) is 40.2. The van der Waals surface area contributed by atoms with E-state index in [9.17, 15) is 20.4 Å². The van der Waals surface area contributed by atoms with Crippen LogP contribution in [0.2, 0.25) is 0 Å². The Morgan fingerprint density at radius 1 is 0.941 bits per heavy atom. The van der Waals surface area contributed by atoms with Crippen molar-refractivity contribution < 1.29 is 34.6 Å². The lowest BCUT2D eigenvalue weighted by Crippen LogP contribution is -2.55. The summed E-state index contributed by atoms with van der Waals surface area (Å²) in [7, 11) is 1.76. The summed E-state index contributed by atoms with van der Waals surface area (Å²) in [5.74, 6) is 0.859. The molecule has 7 nitrogen and oxygen atoms in total. The van der Waals surface area contributed by atoms with Crippen LogP contribution in [0.5, 0.6) is 5.75 Å². The van der Waals surface area contributed by atoms with Crippen LogP contribution < -0.4 is 4.74 Å². The number of benzene rings is 2. The fraction of sp³-hybridized carbons (Fsp3) is 0.556. The van der Waals surface area contributed by atoms with Crippen LogP contribution in [-0.4, -0.2) is 70.8 Å². The van der Waals surface area contributed by atoms with Crippen LogP contribution in [0.4, 0.5) is 0 Å². The van der Waals surface area contributed by atoms with Gasteiger partial charge >= 0.3 is 0 Å². The zero-order chi connectivity index (χ0) is 24.2. The molecule has 34 heavy (non-hydrogen) atoms. The maximum atomic E-state index is 10.5. The van der Waals surface area contributed by atoms with Crippen LogP contribution in [0.25, 0.3) is 0 Å². The van der Waals surface area contributed by atoms with Gasteiger partial charge in [0, 0.05) is 13.5 Å². The van der Waals surface area contributed by atoms with E-state index in [1.54, 1.807) is 7.11 Å². The van der Waals surface area contributed by atoms with Gasteiger partial charge in [-0.1, -0.05) is 30.3 Å². The minimum Gasteiger partial charge on any atom is -0.490 e. The highest BCUT2D eigenvalue weighted by atomic mass is 16.5. The average Bonchev–Trinajstić information content (AvgIpc) is 2.85. The second-order valence-electron chi connectivity index (χ2n) is 9.52. The Morgan fingerprint density at radius 3 is 2.38 bits per heavy atom. The third kappa shape index (κ3) is 5.62. The largest absolute Gasteiger partial charge is 0.490 e. The second kappa shape index (κ2) is 11.2. The molecule has 1 aliphatic carbocycles. The van der Waals surface area contributed by atoms with Gasteiger partial charge in [0.15, 0.2) is 0 Å². The Balaban J connectivity index is 1.44. The summed E-state index contributed by atoms with van der Waals surface area (Å²) in [6, 6.07) is 13.9. The van der Waals surface area contributed by atoms with Crippen LogP contribution in [0, 0.1) is 6.92 Å². The molecule has 2 aliphatic rings. The summed E-state index contributed by atoms with van der Waals surface area (Å²) in [5.41, 5.74) is 3.99. The molecular weight excluding hydrogens is 436 g/mol. The molecule has 0 bridgehead atoms. The molecule has 2 aromatic rings. The molecule has 0 spiro atoms. The van der Waals surface area contributed by atoms with E-state index >= 15 is 0 Å². The van der Waals surface area contributed by atoms with Crippen LogP contribution >= 0.6 is 0 Å². The molecule has 0 aromatic heterocycles. The average molecular weight is 473 g/mol. The van der Waals surface area contributed by atoms with Crippen molar-refractivity contribution in [3.63, 3.8) is 0 Å². The van der Waals surface area contributed by atoms with Crippen LogP contribution in [0.15, 0.2) is 42.5 Å². The van der Waals surface area contributed by atoms with E-state index in [1.165, 1.54) is 0 Å². The predicted molar refractivity (Wildman–Crippen MR) is 127 cm³/mol. The lowest BCUT2D eigenvalue weighted by molar-refractivity contribution is -0.231. The zero-order valence-corrected chi connectivity index (χ0v) is 19.8. The van der Waals surface area contributed by atoms with Gasteiger partial charge in [-0.05, 0) is 67.0 Å². The van der Waals surface area contributed by atoms with E-state index in [2.05, 4.69) is 12.1 Å². The maximum absolute atomic E-state index is 10.5. The van der Waals surface area contributed by atoms with Crippen molar-refractivity contribution in [1.82, 2.24) is 0 Å². The standard InChI is InChI=1S/C27H36O7/c1-16-6-9-18(27-26(31)25(30)24(29)23(15-28)34-27)13-19(16)12-17-7-10-20(11-8-17)33-22-5-3-4-21(14-22)32-2/h6-11,13,21-31H,3-5,12,14-15H2,1-2H3/t21-,22?,23+,24+,25-,26+,27-/m0/s1. The minimum atomic E-state index is -1.39. The molecule has 1 unspecified atom stereocenters. The molecule has 1 aliphatic heterocycles. The van der Waals surface area contributed by atoms with E-state index in [-0.39, 0.29) is 12.2 Å². The number of hydrogen-bond donors (Lipinski definition) is 4. The molecule has 1 saturated carbocycles. The third-order valence-electron chi connectivity index (χ3n) is 7.13. The summed E-state index contributed by atoms with van der Waals surface area (Å²) in [6.45, 7) is 1.58. The number of methoxy groups -OCH3 is 1. The van der Waals surface area contributed by atoms with Gasteiger partial charge in [-0.25, -0.2) is 0 Å². The van der Waals surface area contributed by atoms with Crippen molar-refractivity contribution in [1.29, 1.82) is 0 Å². The summed E-state index contributed by atoms with van der Waals surface area (Å²) >= 11 is 0. The molecule has 7 heteroatoms. The van der Waals surface area contributed by atoms with Gasteiger partial charge in [0.05, 0.1) is 12.7 Å². The monoisotopic (exact) mass is 472 g/mol. The first kappa shape index (κ1) is 25.1. The van der Waals surface area contributed by atoms with Crippen molar-refractivity contribution >= 4 is 0 Å². The van der Waals surface area contributed by atoms with Gasteiger partial charge in [-0.15, -0.1) is 0 Å². The van der Waals surface area contributed by atoms with Gasteiger partial charge in [0.25, 0.3) is 0 Å². The molecule has 0 amide bonds. The smallest absolute Gasteiger partial charge is 0.119 e. The van der Waals surface area contributed by atoms with Crippen LogP contribution in [0.3, 0.4) is 0 Å². The van der Waals surface area contributed by atoms with Crippen LogP contribution in [0.1, 0.15) is 54.0 Å². The summed E-state index contributed by atoms with van der Waals surface area (Å²) < 4.78 is 17.4.